The molecule has 0 radical (unpaired) electrons. The predicted octanol–water partition coefficient (Wildman–Crippen LogP) is 3.84. The second kappa shape index (κ2) is 7.81. The lowest BCUT2D eigenvalue weighted by molar-refractivity contribution is 0.0526. The molecule has 2 aromatic carbocycles. The molecule has 0 saturated carbocycles. The van der Waals surface area contributed by atoms with Crippen molar-refractivity contribution < 1.29 is 17.9 Å². The molecule has 0 heterocycles. The Kier molecular flexibility index (Phi) is 6.01. The third-order valence-corrected chi connectivity index (χ3v) is 6.22. The van der Waals surface area contributed by atoms with Gasteiger partial charge < -0.3 is 4.74 Å². The van der Waals surface area contributed by atoms with Crippen molar-refractivity contribution in [3.05, 3.63) is 58.6 Å². The van der Waals surface area contributed by atoms with Crippen molar-refractivity contribution >= 4 is 37.6 Å². The Labute approximate surface area is 150 Å². The Balaban J connectivity index is 2.44. The molecule has 0 aliphatic rings. The molecule has 0 saturated heterocycles. The van der Waals surface area contributed by atoms with Crippen LogP contribution in [0.2, 0.25) is 0 Å². The summed E-state index contributed by atoms with van der Waals surface area (Å²) in [5, 5.41) is 0. The molecular weight excluding hydrogens is 394 g/mol. The standard InChI is InChI=1S/C17H18BrNO4S/c1-3-19(14-8-6-5-7-9-14)24(21,22)16-11-10-13(12-15(16)18)17(20)23-4-2/h5-12H,3-4H2,1-2H3. The van der Waals surface area contributed by atoms with Gasteiger partial charge in [-0.15, -0.1) is 0 Å². The number of anilines is 1. The number of sulfonamides is 1. The average molecular weight is 412 g/mol. The van der Waals surface area contributed by atoms with Crippen molar-refractivity contribution in [2.24, 2.45) is 0 Å². The number of esters is 1. The number of carbonyl (C=O) groups is 1. The van der Waals surface area contributed by atoms with E-state index >= 15 is 0 Å². The number of rotatable bonds is 6. The van der Waals surface area contributed by atoms with E-state index in [0.29, 0.717) is 22.3 Å². The maximum absolute atomic E-state index is 13.0. The number of para-hydroxylation sites is 1. The van der Waals surface area contributed by atoms with E-state index in [1.807, 2.05) is 6.07 Å². The molecule has 24 heavy (non-hydrogen) atoms. The number of halogens is 1. The minimum Gasteiger partial charge on any atom is -0.462 e. The lowest BCUT2D eigenvalue weighted by Gasteiger charge is -2.23. The van der Waals surface area contributed by atoms with Crippen LogP contribution in [0.4, 0.5) is 5.69 Å². The Morgan fingerprint density at radius 2 is 1.79 bits per heavy atom. The lowest BCUT2D eigenvalue weighted by Crippen LogP contribution is -2.31. The zero-order valence-corrected chi connectivity index (χ0v) is 15.8. The van der Waals surface area contributed by atoms with Crippen molar-refractivity contribution in [1.29, 1.82) is 0 Å². The second-order valence-corrected chi connectivity index (χ2v) is 7.56. The molecule has 2 rings (SSSR count). The van der Waals surface area contributed by atoms with Crippen LogP contribution in [-0.4, -0.2) is 27.5 Å². The quantitative estimate of drug-likeness (QED) is 0.677. The SMILES string of the molecule is CCOC(=O)c1ccc(S(=O)(=O)N(CC)c2ccccc2)c(Br)c1. The molecule has 7 heteroatoms. The van der Waals surface area contributed by atoms with E-state index in [1.54, 1.807) is 38.1 Å². The Morgan fingerprint density at radius 1 is 1.12 bits per heavy atom. The van der Waals surface area contributed by atoms with Gasteiger partial charge in [0.2, 0.25) is 0 Å². The van der Waals surface area contributed by atoms with Gasteiger partial charge in [0.15, 0.2) is 0 Å². The van der Waals surface area contributed by atoms with Gasteiger partial charge in [-0.2, -0.15) is 0 Å². The van der Waals surface area contributed by atoms with E-state index in [9.17, 15) is 13.2 Å². The molecule has 0 bridgehead atoms. The number of benzene rings is 2. The fourth-order valence-corrected chi connectivity index (χ4v) is 4.77. The van der Waals surface area contributed by atoms with Crippen LogP contribution in [-0.2, 0) is 14.8 Å². The number of hydrogen-bond acceptors (Lipinski definition) is 4. The highest BCUT2D eigenvalue weighted by molar-refractivity contribution is 9.10. The molecule has 0 aromatic heterocycles. The van der Waals surface area contributed by atoms with E-state index < -0.39 is 16.0 Å². The van der Waals surface area contributed by atoms with Crippen LogP contribution in [0.25, 0.3) is 0 Å². The number of carbonyl (C=O) groups excluding carboxylic acids is 1. The van der Waals surface area contributed by atoms with E-state index in [2.05, 4.69) is 15.9 Å². The minimum absolute atomic E-state index is 0.0984. The summed E-state index contributed by atoms with van der Waals surface area (Å²) in [7, 11) is -3.76. The highest BCUT2D eigenvalue weighted by atomic mass is 79.9. The maximum atomic E-state index is 13.0. The van der Waals surface area contributed by atoms with Gasteiger partial charge in [-0.05, 0) is 60.1 Å². The topological polar surface area (TPSA) is 63.7 Å². The molecule has 0 fully saturated rings. The van der Waals surface area contributed by atoms with Gasteiger partial charge in [0.25, 0.3) is 10.0 Å². The summed E-state index contributed by atoms with van der Waals surface area (Å²) < 4.78 is 32.5. The molecule has 2 aromatic rings. The summed E-state index contributed by atoms with van der Waals surface area (Å²) in [5.41, 5.74) is 0.881. The van der Waals surface area contributed by atoms with Gasteiger partial charge in [-0.25, -0.2) is 13.2 Å². The first-order chi connectivity index (χ1) is 11.4. The van der Waals surface area contributed by atoms with Crippen LogP contribution in [0.3, 0.4) is 0 Å². The normalized spacial score (nSPS) is 11.1. The van der Waals surface area contributed by atoms with Crippen molar-refractivity contribution in [3.8, 4) is 0 Å². The number of nitrogens with zero attached hydrogens (tertiary/aromatic N) is 1. The summed E-state index contributed by atoms with van der Waals surface area (Å²) in [6.07, 6.45) is 0. The smallest absolute Gasteiger partial charge is 0.338 e. The Hall–Kier alpha value is -1.86. The van der Waals surface area contributed by atoms with Crippen LogP contribution >= 0.6 is 15.9 Å². The zero-order chi connectivity index (χ0) is 17.7. The zero-order valence-electron chi connectivity index (χ0n) is 13.4. The fraction of sp³-hybridized carbons (Fsp3) is 0.235. The van der Waals surface area contributed by atoms with Gasteiger partial charge in [-0.1, -0.05) is 18.2 Å². The van der Waals surface area contributed by atoms with Gasteiger partial charge in [0.1, 0.15) is 4.90 Å². The largest absolute Gasteiger partial charge is 0.462 e. The number of ether oxygens (including phenoxy) is 1. The van der Waals surface area contributed by atoms with Gasteiger partial charge in [-0.3, -0.25) is 4.31 Å². The Morgan fingerprint density at radius 3 is 2.33 bits per heavy atom. The van der Waals surface area contributed by atoms with Crippen molar-refractivity contribution in [3.63, 3.8) is 0 Å². The van der Waals surface area contributed by atoms with E-state index in [0.717, 1.165) is 0 Å². The molecule has 0 spiro atoms. The van der Waals surface area contributed by atoms with Crippen LogP contribution in [0.5, 0.6) is 0 Å². The molecule has 0 aliphatic heterocycles. The average Bonchev–Trinajstić information content (AvgIpc) is 2.56. The minimum atomic E-state index is -3.76. The molecule has 0 amide bonds. The molecule has 0 N–H and O–H groups in total. The molecule has 0 atom stereocenters. The van der Waals surface area contributed by atoms with E-state index in [1.165, 1.54) is 22.5 Å². The first kappa shape index (κ1) is 18.5. The third-order valence-electron chi connectivity index (χ3n) is 3.34. The van der Waals surface area contributed by atoms with Gasteiger partial charge in [0.05, 0.1) is 17.9 Å². The number of hydrogen-bond donors (Lipinski definition) is 0. The summed E-state index contributed by atoms with van der Waals surface area (Å²) >= 11 is 3.26. The highest BCUT2D eigenvalue weighted by Gasteiger charge is 2.26. The predicted molar refractivity (Wildman–Crippen MR) is 96.7 cm³/mol. The summed E-state index contributed by atoms with van der Waals surface area (Å²) in [6.45, 7) is 4.03. The lowest BCUT2D eigenvalue weighted by atomic mass is 10.2. The maximum Gasteiger partial charge on any atom is 0.338 e. The van der Waals surface area contributed by atoms with Crippen molar-refractivity contribution in [1.82, 2.24) is 0 Å². The van der Waals surface area contributed by atoms with Gasteiger partial charge >= 0.3 is 5.97 Å². The van der Waals surface area contributed by atoms with Crippen molar-refractivity contribution in [2.75, 3.05) is 17.5 Å². The van der Waals surface area contributed by atoms with Crippen LogP contribution in [0.1, 0.15) is 24.2 Å². The van der Waals surface area contributed by atoms with E-state index in [-0.39, 0.29) is 11.5 Å². The summed E-state index contributed by atoms with van der Waals surface area (Å²) in [4.78, 5) is 11.9. The monoisotopic (exact) mass is 411 g/mol. The fourth-order valence-electron chi connectivity index (χ4n) is 2.26. The molecule has 128 valence electrons. The third kappa shape index (κ3) is 3.79. The van der Waals surface area contributed by atoms with Crippen LogP contribution in [0.15, 0.2) is 57.9 Å². The van der Waals surface area contributed by atoms with Crippen molar-refractivity contribution in [2.45, 2.75) is 18.7 Å². The molecule has 0 aliphatic carbocycles. The highest BCUT2D eigenvalue weighted by Crippen LogP contribution is 2.29. The van der Waals surface area contributed by atoms with Crippen LogP contribution in [0, 0.1) is 0 Å². The second-order valence-electron chi connectivity index (χ2n) is 4.87. The Bertz CT molecular complexity index is 822. The first-order valence-corrected chi connectivity index (χ1v) is 9.69. The summed E-state index contributed by atoms with van der Waals surface area (Å²) in [5.74, 6) is -0.488. The van der Waals surface area contributed by atoms with Gasteiger partial charge in [0, 0.05) is 11.0 Å². The summed E-state index contributed by atoms with van der Waals surface area (Å²) in [6, 6.07) is 13.2. The molecule has 0 unspecified atom stereocenters. The molecular formula is C17H18BrNO4S. The van der Waals surface area contributed by atoms with Crippen LogP contribution < -0.4 is 4.31 Å². The molecule has 5 nitrogen and oxygen atoms in total. The first-order valence-electron chi connectivity index (χ1n) is 7.46. The van der Waals surface area contributed by atoms with E-state index in [4.69, 9.17) is 4.74 Å².